The highest BCUT2D eigenvalue weighted by Crippen LogP contribution is 2.30. The first kappa shape index (κ1) is 19.3. The molecule has 0 bridgehead atoms. The Hall–Kier alpha value is -3.64. The number of hydrogen-bond donors (Lipinski definition) is 2. The monoisotopic (exact) mass is 431 g/mol. The van der Waals surface area contributed by atoms with Crippen LogP contribution in [0.4, 0.5) is 15.9 Å². The van der Waals surface area contributed by atoms with E-state index in [4.69, 9.17) is 17.6 Å². The van der Waals surface area contributed by atoms with E-state index in [-0.39, 0.29) is 11.2 Å². The van der Waals surface area contributed by atoms with Crippen LogP contribution in [-0.4, -0.2) is 45.2 Å². The number of nitriles is 1. The molecule has 4 aromatic rings. The van der Waals surface area contributed by atoms with Gasteiger partial charge in [0.2, 0.25) is 0 Å². The van der Waals surface area contributed by atoms with Gasteiger partial charge < -0.3 is 9.80 Å². The van der Waals surface area contributed by atoms with E-state index < -0.39 is 0 Å². The van der Waals surface area contributed by atoms with E-state index in [1.54, 1.807) is 18.5 Å². The van der Waals surface area contributed by atoms with E-state index in [0.717, 1.165) is 22.2 Å². The molecule has 1 N–H and O–H groups in total. The van der Waals surface area contributed by atoms with Gasteiger partial charge in [0.05, 0.1) is 23.3 Å². The summed E-state index contributed by atoms with van der Waals surface area (Å²) in [6.07, 6.45) is 3.30. The van der Waals surface area contributed by atoms with Gasteiger partial charge in [-0.15, -0.1) is 0 Å². The quantitative estimate of drug-likeness (QED) is 0.482. The molecular weight excluding hydrogens is 413 g/mol. The zero-order chi connectivity index (χ0) is 21.4. The first-order valence-electron chi connectivity index (χ1n) is 9.79. The number of fused-ring (bicyclic) bond motifs is 1. The summed E-state index contributed by atoms with van der Waals surface area (Å²) in [5.41, 5.74) is 2.93. The highest BCUT2D eigenvalue weighted by atomic mass is 32.1. The molecule has 2 aromatic carbocycles. The number of H-pyrrole nitrogens is 1. The molecule has 1 unspecified atom stereocenters. The summed E-state index contributed by atoms with van der Waals surface area (Å²) in [5.74, 6) is 0.830. The Kier molecular flexibility index (Phi) is 4.92. The van der Waals surface area contributed by atoms with Gasteiger partial charge in [-0.25, -0.2) is 14.4 Å². The molecule has 1 aliphatic heterocycles. The standard InChI is InChI=1S/C22H18FN7S/c23-15-3-1-4-16(9-15)30-8-7-29(13-20(30)31)22-14(10-24)11-25-21(27-22)17-5-2-6-19-18(17)12-26-28-19/h1-6,9,11-12,20,31H,7-8,13H2,(H,26,28). The van der Waals surface area contributed by atoms with Crippen LogP contribution in [0.2, 0.25) is 0 Å². The lowest BCUT2D eigenvalue weighted by molar-refractivity contribution is 0.608. The molecule has 0 spiro atoms. The van der Waals surface area contributed by atoms with Crippen LogP contribution in [-0.2, 0) is 0 Å². The van der Waals surface area contributed by atoms with Crippen molar-refractivity contribution in [2.24, 2.45) is 0 Å². The van der Waals surface area contributed by atoms with E-state index in [9.17, 15) is 9.65 Å². The average molecular weight is 432 g/mol. The van der Waals surface area contributed by atoms with Gasteiger partial charge in [0.15, 0.2) is 11.6 Å². The maximum Gasteiger partial charge on any atom is 0.162 e. The lowest BCUT2D eigenvalue weighted by Crippen LogP contribution is -2.51. The van der Waals surface area contributed by atoms with Crippen LogP contribution >= 0.6 is 12.6 Å². The molecule has 3 heterocycles. The number of thiol groups is 1. The molecule has 1 fully saturated rings. The van der Waals surface area contributed by atoms with Gasteiger partial charge in [-0.2, -0.15) is 23.0 Å². The smallest absolute Gasteiger partial charge is 0.162 e. The minimum Gasteiger partial charge on any atom is -0.356 e. The molecule has 154 valence electrons. The van der Waals surface area contributed by atoms with Gasteiger partial charge in [-0.1, -0.05) is 18.2 Å². The third kappa shape index (κ3) is 3.55. The van der Waals surface area contributed by atoms with E-state index >= 15 is 0 Å². The SMILES string of the molecule is N#Cc1cnc(-c2cccc3[nH]ncc23)nc1N1CCN(c2cccc(F)c2)C(S)C1. The third-order valence-corrected chi connectivity index (χ3v) is 5.85. The molecule has 0 amide bonds. The number of nitrogens with one attached hydrogen (secondary N) is 1. The summed E-state index contributed by atoms with van der Waals surface area (Å²) in [4.78, 5) is 13.3. The van der Waals surface area contributed by atoms with Crippen molar-refractivity contribution in [2.75, 3.05) is 29.4 Å². The van der Waals surface area contributed by atoms with Crippen LogP contribution in [0.3, 0.4) is 0 Å². The molecule has 2 aromatic heterocycles. The van der Waals surface area contributed by atoms with E-state index in [0.29, 0.717) is 36.8 Å². The molecule has 5 rings (SSSR count). The van der Waals surface area contributed by atoms with E-state index in [1.165, 1.54) is 12.1 Å². The molecule has 1 aliphatic rings. The Morgan fingerprint density at radius 2 is 2.03 bits per heavy atom. The molecule has 1 saturated heterocycles. The van der Waals surface area contributed by atoms with Gasteiger partial charge >= 0.3 is 0 Å². The summed E-state index contributed by atoms with van der Waals surface area (Å²) in [6.45, 7) is 1.77. The fourth-order valence-electron chi connectivity index (χ4n) is 3.90. The van der Waals surface area contributed by atoms with Crippen molar-refractivity contribution in [2.45, 2.75) is 5.37 Å². The van der Waals surface area contributed by atoms with Crippen molar-refractivity contribution in [3.8, 4) is 17.5 Å². The summed E-state index contributed by atoms with van der Waals surface area (Å²) < 4.78 is 13.7. The molecule has 7 nitrogen and oxygen atoms in total. The van der Waals surface area contributed by atoms with Crippen LogP contribution in [0.15, 0.2) is 54.9 Å². The van der Waals surface area contributed by atoms with Crippen LogP contribution in [0.25, 0.3) is 22.3 Å². The Morgan fingerprint density at radius 1 is 1.16 bits per heavy atom. The first-order valence-corrected chi connectivity index (χ1v) is 10.3. The van der Waals surface area contributed by atoms with E-state index in [2.05, 4.69) is 21.3 Å². The Bertz CT molecular complexity index is 1300. The average Bonchev–Trinajstić information content (AvgIpc) is 3.27. The number of hydrogen-bond acceptors (Lipinski definition) is 7. The maximum absolute atomic E-state index is 13.7. The molecule has 0 saturated carbocycles. The third-order valence-electron chi connectivity index (χ3n) is 5.41. The zero-order valence-electron chi connectivity index (χ0n) is 16.4. The number of nitrogens with zero attached hydrogens (tertiary/aromatic N) is 6. The number of aromatic nitrogens is 4. The van der Waals surface area contributed by atoms with Crippen LogP contribution < -0.4 is 9.80 Å². The highest BCUT2D eigenvalue weighted by Gasteiger charge is 2.27. The predicted octanol–water partition coefficient (Wildman–Crippen LogP) is 3.61. The Morgan fingerprint density at radius 3 is 2.84 bits per heavy atom. The molecule has 0 aliphatic carbocycles. The van der Waals surface area contributed by atoms with Gasteiger partial charge in [-0.05, 0) is 24.3 Å². The van der Waals surface area contributed by atoms with Gasteiger partial charge in [0, 0.05) is 36.3 Å². The number of benzene rings is 2. The van der Waals surface area contributed by atoms with Gasteiger partial charge in [0.1, 0.15) is 17.4 Å². The fourth-order valence-corrected chi connectivity index (χ4v) is 4.34. The van der Waals surface area contributed by atoms with Crippen LogP contribution in [0.5, 0.6) is 0 Å². The number of halogens is 1. The van der Waals surface area contributed by atoms with Gasteiger partial charge in [0.25, 0.3) is 0 Å². The minimum atomic E-state index is -0.277. The molecule has 1 atom stereocenters. The van der Waals surface area contributed by atoms with Gasteiger partial charge in [-0.3, -0.25) is 5.10 Å². The predicted molar refractivity (Wildman–Crippen MR) is 121 cm³/mol. The molecule has 9 heteroatoms. The van der Waals surface area contributed by atoms with Crippen molar-refractivity contribution >= 4 is 35.0 Å². The Balaban J connectivity index is 1.47. The van der Waals surface area contributed by atoms with Crippen molar-refractivity contribution < 1.29 is 4.39 Å². The maximum atomic E-state index is 13.7. The molecular formula is C22H18FN7S. The largest absolute Gasteiger partial charge is 0.356 e. The fraction of sp³-hybridized carbons (Fsp3) is 0.182. The lowest BCUT2D eigenvalue weighted by Gasteiger charge is -2.41. The normalized spacial score (nSPS) is 16.5. The van der Waals surface area contributed by atoms with Crippen molar-refractivity contribution in [3.05, 3.63) is 66.2 Å². The second-order valence-corrected chi connectivity index (χ2v) is 7.88. The first-order chi connectivity index (χ1) is 15.1. The summed E-state index contributed by atoms with van der Waals surface area (Å²) >= 11 is 4.73. The molecule has 0 radical (unpaired) electrons. The summed E-state index contributed by atoms with van der Waals surface area (Å²) in [6, 6.07) is 14.5. The summed E-state index contributed by atoms with van der Waals surface area (Å²) in [5, 5.41) is 17.4. The molecule has 31 heavy (non-hydrogen) atoms. The minimum absolute atomic E-state index is 0.183. The highest BCUT2D eigenvalue weighted by molar-refractivity contribution is 7.81. The number of anilines is 2. The second kappa shape index (κ2) is 7.89. The number of rotatable bonds is 3. The zero-order valence-corrected chi connectivity index (χ0v) is 17.3. The number of piperazine rings is 1. The topological polar surface area (TPSA) is 84.7 Å². The van der Waals surface area contributed by atoms with Crippen LogP contribution in [0.1, 0.15) is 5.56 Å². The lowest BCUT2D eigenvalue weighted by atomic mass is 10.1. The van der Waals surface area contributed by atoms with Crippen molar-refractivity contribution in [3.63, 3.8) is 0 Å². The van der Waals surface area contributed by atoms with E-state index in [1.807, 2.05) is 34.1 Å². The summed E-state index contributed by atoms with van der Waals surface area (Å²) in [7, 11) is 0. The van der Waals surface area contributed by atoms with Crippen molar-refractivity contribution in [1.29, 1.82) is 5.26 Å². The number of aromatic amines is 1. The van der Waals surface area contributed by atoms with Crippen molar-refractivity contribution in [1.82, 2.24) is 20.2 Å². The van der Waals surface area contributed by atoms with Crippen LogP contribution in [0, 0.1) is 17.1 Å². The second-order valence-electron chi connectivity index (χ2n) is 7.28. The Labute approximate surface area is 183 Å².